The molecule has 0 atom stereocenters. The van der Waals surface area contributed by atoms with Gasteiger partial charge in [0.25, 0.3) is 11.1 Å². The van der Waals surface area contributed by atoms with Crippen molar-refractivity contribution in [2.45, 2.75) is 50.4 Å². The number of thioether (sulfide) groups is 1. The van der Waals surface area contributed by atoms with Crippen molar-refractivity contribution in [3.63, 3.8) is 0 Å². The van der Waals surface area contributed by atoms with Crippen molar-refractivity contribution < 1.29 is 0 Å². The second kappa shape index (κ2) is 8.70. The first-order chi connectivity index (χ1) is 16.3. The van der Waals surface area contributed by atoms with Gasteiger partial charge in [-0.3, -0.25) is 23.3 Å². The second-order valence-electron chi connectivity index (χ2n) is 8.86. The summed E-state index contributed by atoms with van der Waals surface area (Å²) in [5, 5.41) is 1.30. The fourth-order valence-electron chi connectivity index (χ4n) is 4.43. The van der Waals surface area contributed by atoms with Crippen LogP contribution in [0, 0.1) is 13.8 Å². The van der Waals surface area contributed by atoms with Gasteiger partial charge in [-0.1, -0.05) is 17.8 Å². The van der Waals surface area contributed by atoms with E-state index in [9.17, 15) is 14.4 Å². The van der Waals surface area contributed by atoms with Gasteiger partial charge in [-0.2, -0.15) is 0 Å². The van der Waals surface area contributed by atoms with Crippen LogP contribution in [0.1, 0.15) is 40.1 Å². The van der Waals surface area contributed by atoms with E-state index in [2.05, 4.69) is 0 Å². The van der Waals surface area contributed by atoms with Gasteiger partial charge in [-0.25, -0.2) is 9.78 Å². The lowest BCUT2D eigenvalue weighted by molar-refractivity contribution is 0.664. The Morgan fingerprint density at radius 1 is 1.00 bits per heavy atom. The van der Waals surface area contributed by atoms with E-state index in [1.807, 2.05) is 32.0 Å². The molecule has 0 spiro atoms. The first-order valence-corrected chi connectivity index (χ1v) is 13.1. The Hall–Kier alpha value is -2.91. The van der Waals surface area contributed by atoms with Crippen molar-refractivity contribution >= 4 is 33.3 Å². The third-order valence-corrected chi connectivity index (χ3v) is 8.84. The first-order valence-electron chi connectivity index (χ1n) is 11.3. The zero-order chi connectivity index (χ0) is 24.1. The van der Waals surface area contributed by atoms with Crippen LogP contribution in [0.25, 0.3) is 15.9 Å². The van der Waals surface area contributed by atoms with Gasteiger partial charge < -0.3 is 0 Å². The number of aryl methyl sites for hydroxylation is 4. The summed E-state index contributed by atoms with van der Waals surface area (Å²) in [6.07, 6.45) is 4.15. The maximum atomic E-state index is 13.9. The topological polar surface area (TPSA) is 78.9 Å². The molecule has 7 nitrogen and oxygen atoms in total. The SMILES string of the molecule is Cc1ccc(-n2c(SCc3cc(=O)n(C)c(=O)n3C)nc3sc4c(c3c2=O)CCCC4)cc1C. The lowest BCUT2D eigenvalue weighted by atomic mass is 9.97. The highest BCUT2D eigenvalue weighted by Gasteiger charge is 2.23. The fourth-order valence-corrected chi connectivity index (χ4v) is 6.77. The number of hydrogen-bond donors (Lipinski definition) is 0. The average Bonchev–Trinajstić information content (AvgIpc) is 3.20. The van der Waals surface area contributed by atoms with Crippen LogP contribution in [0.5, 0.6) is 0 Å². The first kappa shape index (κ1) is 22.9. The molecule has 0 bridgehead atoms. The van der Waals surface area contributed by atoms with Crippen LogP contribution >= 0.6 is 23.1 Å². The third-order valence-electron chi connectivity index (χ3n) is 6.68. The Kier molecular flexibility index (Phi) is 5.85. The number of nitrogens with zero attached hydrogens (tertiary/aromatic N) is 4. The van der Waals surface area contributed by atoms with E-state index in [1.165, 1.54) is 34.3 Å². The quantitative estimate of drug-likeness (QED) is 0.320. The maximum absolute atomic E-state index is 13.9. The highest BCUT2D eigenvalue weighted by Crippen LogP contribution is 2.35. The number of aromatic nitrogens is 4. The maximum Gasteiger partial charge on any atom is 0.330 e. The minimum Gasteiger partial charge on any atom is -0.300 e. The van der Waals surface area contributed by atoms with Crippen LogP contribution < -0.4 is 16.8 Å². The van der Waals surface area contributed by atoms with Gasteiger partial charge in [0.15, 0.2) is 5.16 Å². The molecule has 1 aliphatic rings. The fraction of sp³-hybridized carbons (Fsp3) is 0.360. The van der Waals surface area contributed by atoms with E-state index in [0.717, 1.165) is 62.8 Å². The van der Waals surface area contributed by atoms with Crippen LogP contribution in [-0.4, -0.2) is 18.7 Å². The molecule has 0 N–H and O–H groups in total. The van der Waals surface area contributed by atoms with Crippen molar-refractivity contribution in [1.82, 2.24) is 18.7 Å². The van der Waals surface area contributed by atoms with Gasteiger partial charge in [-0.15, -0.1) is 11.3 Å². The Morgan fingerprint density at radius 2 is 1.76 bits per heavy atom. The van der Waals surface area contributed by atoms with E-state index in [-0.39, 0.29) is 16.8 Å². The summed E-state index contributed by atoms with van der Waals surface area (Å²) in [5.74, 6) is 0.343. The highest BCUT2D eigenvalue weighted by atomic mass is 32.2. The molecule has 4 aromatic rings. The van der Waals surface area contributed by atoms with Gasteiger partial charge in [0.1, 0.15) is 4.83 Å². The third kappa shape index (κ3) is 3.76. The Balaban J connectivity index is 1.69. The van der Waals surface area contributed by atoms with Crippen LogP contribution in [0.15, 0.2) is 43.8 Å². The predicted octanol–water partition coefficient (Wildman–Crippen LogP) is 3.63. The van der Waals surface area contributed by atoms with Crippen LogP contribution in [0.2, 0.25) is 0 Å². The summed E-state index contributed by atoms with van der Waals surface area (Å²) in [6, 6.07) is 7.45. The Labute approximate surface area is 204 Å². The zero-order valence-electron chi connectivity index (χ0n) is 19.7. The summed E-state index contributed by atoms with van der Waals surface area (Å²) in [5.41, 5.74) is 4.01. The average molecular weight is 495 g/mol. The number of rotatable bonds is 4. The molecule has 3 aromatic heterocycles. The molecule has 0 saturated carbocycles. The standard InChI is InChI=1S/C25H26N4O3S2/c1-14-9-10-16(11-15(14)2)29-23(31)21-18-7-5-6-8-19(18)34-22(21)26-24(29)33-13-17-12-20(30)28(4)25(32)27(17)3/h9-12H,5-8,13H2,1-4H3. The van der Waals surface area contributed by atoms with E-state index >= 15 is 0 Å². The van der Waals surface area contributed by atoms with Crippen molar-refractivity contribution in [2.75, 3.05) is 0 Å². The normalized spacial score (nSPS) is 13.4. The minimum absolute atomic E-state index is 0.0481. The lowest BCUT2D eigenvalue weighted by Gasteiger charge is -2.15. The highest BCUT2D eigenvalue weighted by molar-refractivity contribution is 7.98. The molecule has 1 aromatic carbocycles. The molecule has 34 heavy (non-hydrogen) atoms. The summed E-state index contributed by atoms with van der Waals surface area (Å²) >= 11 is 2.99. The minimum atomic E-state index is -0.371. The van der Waals surface area contributed by atoms with Gasteiger partial charge in [0, 0.05) is 36.5 Å². The second-order valence-corrected chi connectivity index (χ2v) is 10.9. The molecule has 5 rings (SSSR count). The molecule has 176 valence electrons. The molecule has 0 fully saturated rings. The van der Waals surface area contributed by atoms with Crippen molar-refractivity contribution in [2.24, 2.45) is 14.1 Å². The number of hydrogen-bond acceptors (Lipinski definition) is 6. The van der Waals surface area contributed by atoms with Gasteiger partial charge in [0.2, 0.25) is 0 Å². The van der Waals surface area contributed by atoms with E-state index in [4.69, 9.17) is 4.98 Å². The summed E-state index contributed by atoms with van der Waals surface area (Å²) < 4.78 is 4.25. The molecular formula is C25H26N4O3S2. The predicted molar refractivity (Wildman–Crippen MR) is 138 cm³/mol. The molecule has 0 aliphatic heterocycles. The zero-order valence-corrected chi connectivity index (χ0v) is 21.3. The van der Waals surface area contributed by atoms with Crippen LogP contribution in [0.4, 0.5) is 0 Å². The van der Waals surface area contributed by atoms with Gasteiger partial charge in [-0.05, 0) is 68.4 Å². The largest absolute Gasteiger partial charge is 0.330 e. The summed E-state index contributed by atoms with van der Waals surface area (Å²) in [7, 11) is 3.12. The van der Waals surface area contributed by atoms with Gasteiger partial charge >= 0.3 is 5.69 Å². The summed E-state index contributed by atoms with van der Waals surface area (Å²) in [6.45, 7) is 4.08. The Bertz CT molecular complexity index is 1620. The molecule has 0 saturated heterocycles. The monoisotopic (exact) mass is 494 g/mol. The molecule has 0 amide bonds. The van der Waals surface area contributed by atoms with Crippen molar-refractivity contribution in [3.05, 3.63) is 82.7 Å². The molecule has 0 radical (unpaired) electrons. The molecule has 0 unspecified atom stereocenters. The van der Waals surface area contributed by atoms with Crippen LogP contribution in [0.3, 0.4) is 0 Å². The lowest BCUT2D eigenvalue weighted by Crippen LogP contribution is -2.37. The molecule has 9 heteroatoms. The number of fused-ring (bicyclic) bond motifs is 3. The van der Waals surface area contributed by atoms with E-state index in [0.29, 0.717) is 16.6 Å². The van der Waals surface area contributed by atoms with Crippen molar-refractivity contribution in [1.29, 1.82) is 0 Å². The van der Waals surface area contributed by atoms with E-state index < -0.39 is 0 Å². The van der Waals surface area contributed by atoms with Crippen molar-refractivity contribution in [3.8, 4) is 5.69 Å². The Morgan fingerprint density at radius 3 is 2.53 bits per heavy atom. The van der Waals surface area contributed by atoms with Crippen LogP contribution in [-0.2, 0) is 32.7 Å². The smallest absolute Gasteiger partial charge is 0.300 e. The summed E-state index contributed by atoms with van der Waals surface area (Å²) in [4.78, 5) is 45.5. The van der Waals surface area contributed by atoms with Gasteiger partial charge in [0.05, 0.1) is 11.1 Å². The molecule has 1 aliphatic carbocycles. The number of benzene rings is 1. The molecule has 3 heterocycles. The molecular weight excluding hydrogens is 468 g/mol. The van der Waals surface area contributed by atoms with E-state index in [1.54, 1.807) is 23.0 Å². The number of thiophene rings is 1.